The molecule has 0 bridgehead atoms. The lowest BCUT2D eigenvalue weighted by Crippen LogP contribution is -2.22. The number of aryl methyl sites for hydroxylation is 1. The summed E-state index contributed by atoms with van der Waals surface area (Å²) in [6.45, 7) is 4.71. The third-order valence-corrected chi connectivity index (χ3v) is 2.48. The van der Waals surface area contributed by atoms with Gasteiger partial charge in [-0.25, -0.2) is 0 Å². The summed E-state index contributed by atoms with van der Waals surface area (Å²) in [5.41, 5.74) is 2.22. The van der Waals surface area contributed by atoms with Crippen LogP contribution in [-0.4, -0.2) is 24.3 Å². The Balaban J connectivity index is 2.60. The zero-order chi connectivity index (χ0) is 12.0. The lowest BCUT2D eigenvalue weighted by atomic mass is 9.99. The van der Waals surface area contributed by atoms with Crippen molar-refractivity contribution in [2.75, 3.05) is 13.2 Å². The molecule has 1 atom stereocenters. The number of aliphatic carboxylic acids is 1. The number of hydrogen-bond donors (Lipinski definition) is 1. The molecule has 16 heavy (non-hydrogen) atoms. The van der Waals surface area contributed by atoms with Crippen LogP contribution in [0.15, 0.2) is 24.3 Å². The van der Waals surface area contributed by atoms with Crippen LogP contribution in [0.1, 0.15) is 18.1 Å². The first kappa shape index (κ1) is 12.7. The van der Waals surface area contributed by atoms with Crippen LogP contribution < -0.4 is 0 Å². The van der Waals surface area contributed by atoms with Crippen molar-refractivity contribution >= 4 is 5.97 Å². The molecule has 1 aromatic rings. The van der Waals surface area contributed by atoms with Gasteiger partial charge in [0.05, 0.1) is 12.5 Å². The lowest BCUT2D eigenvalue weighted by Gasteiger charge is -2.12. The highest BCUT2D eigenvalue weighted by molar-refractivity contribution is 5.70. The third-order valence-electron chi connectivity index (χ3n) is 2.48. The summed E-state index contributed by atoms with van der Waals surface area (Å²) in [6, 6.07) is 7.93. The first-order valence-electron chi connectivity index (χ1n) is 5.49. The molecule has 1 rings (SSSR count). The molecule has 0 radical (unpaired) electrons. The average Bonchev–Trinajstić information content (AvgIpc) is 2.26. The van der Waals surface area contributed by atoms with E-state index in [1.165, 1.54) is 5.56 Å². The molecule has 1 unspecified atom stereocenters. The second kappa shape index (κ2) is 6.28. The van der Waals surface area contributed by atoms with Gasteiger partial charge >= 0.3 is 5.97 Å². The van der Waals surface area contributed by atoms with E-state index in [1.807, 2.05) is 38.1 Å². The zero-order valence-corrected chi connectivity index (χ0v) is 9.77. The van der Waals surface area contributed by atoms with E-state index in [1.54, 1.807) is 0 Å². The number of benzene rings is 1. The summed E-state index contributed by atoms with van der Waals surface area (Å²) in [7, 11) is 0. The maximum absolute atomic E-state index is 11.0. The van der Waals surface area contributed by atoms with Gasteiger partial charge in [-0.05, 0) is 25.8 Å². The van der Waals surface area contributed by atoms with Crippen LogP contribution in [0.4, 0.5) is 0 Å². The molecule has 0 saturated heterocycles. The summed E-state index contributed by atoms with van der Waals surface area (Å²) in [5.74, 6) is -1.25. The van der Waals surface area contributed by atoms with Gasteiger partial charge in [0.15, 0.2) is 0 Å². The molecule has 0 aliphatic carbocycles. The minimum atomic E-state index is -0.797. The van der Waals surface area contributed by atoms with Crippen LogP contribution in [0.25, 0.3) is 0 Å². The van der Waals surface area contributed by atoms with E-state index in [9.17, 15) is 4.79 Å². The Morgan fingerprint density at radius 2 is 2.00 bits per heavy atom. The molecule has 3 nitrogen and oxygen atoms in total. The number of ether oxygens (including phenoxy) is 1. The number of carboxylic acids is 1. The van der Waals surface area contributed by atoms with Gasteiger partial charge in [0, 0.05) is 6.61 Å². The van der Waals surface area contributed by atoms with Gasteiger partial charge in [-0.1, -0.05) is 29.8 Å². The number of hydrogen-bond acceptors (Lipinski definition) is 2. The Bertz CT molecular complexity index is 330. The van der Waals surface area contributed by atoms with E-state index >= 15 is 0 Å². The van der Waals surface area contributed by atoms with Crippen molar-refractivity contribution in [3.8, 4) is 0 Å². The fourth-order valence-corrected chi connectivity index (χ4v) is 1.49. The molecule has 0 aromatic heterocycles. The zero-order valence-electron chi connectivity index (χ0n) is 9.77. The topological polar surface area (TPSA) is 46.5 Å². The highest BCUT2D eigenvalue weighted by atomic mass is 16.5. The van der Waals surface area contributed by atoms with Crippen LogP contribution in [-0.2, 0) is 16.0 Å². The summed E-state index contributed by atoms with van der Waals surface area (Å²) in [5, 5.41) is 9.04. The molecule has 0 aliphatic heterocycles. The number of carbonyl (C=O) groups is 1. The minimum absolute atomic E-state index is 0.277. The Kier molecular flexibility index (Phi) is 4.99. The Hall–Kier alpha value is -1.35. The predicted molar refractivity (Wildman–Crippen MR) is 62.5 cm³/mol. The highest BCUT2D eigenvalue weighted by Gasteiger charge is 2.17. The van der Waals surface area contributed by atoms with Crippen LogP contribution in [0.5, 0.6) is 0 Å². The van der Waals surface area contributed by atoms with E-state index in [2.05, 4.69) is 0 Å². The fraction of sp³-hybridized carbons (Fsp3) is 0.462. The molecular weight excluding hydrogens is 204 g/mol. The molecule has 0 fully saturated rings. The largest absolute Gasteiger partial charge is 0.481 e. The van der Waals surface area contributed by atoms with Gasteiger partial charge in [0.25, 0.3) is 0 Å². The normalized spacial score (nSPS) is 12.4. The third kappa shape index (κ3) is 4.03. The van der Waals surface area contributed by atoms with Crippen molar-refractivity contribution in [1.82, 2.24) is 0 Å². The molecular formula is C13H18O3. The molecule has 0 aliphatic rings. The Morgan fingerprint density at radius 3 is 2.50 bits per heavy atom. The van der Waals surface area contributed by atoms with Gasteiger partial charge in [-0.15, -0.1) is 0 Å². The maximum Gasteiger partial charge on any atom is 0.309 e. The molecule has 88 valence electrons. The van der Waals surface area contributed by atoms with Gasteiger partial charge in [-0.2, -0.15) is 0 Å². The first-order valence-corrected chi connectivity index (χ1v) is 5.49. The summed E-state index contributed by atoms with van der Waals surface area (Å²) < 4.78 is 5.17. The molecule has 1 aromatic carbocycles. The summed E-state index contributed by atoms with van der Waals surface area (Å²) in [4.78, 5) is 11.0. The highest BCUT2D eigenvalue weighted by Crippen LogP contribution is 2.11. The Labute approximate surface area is 96.1 Å². The van der Waals surface area contributed by atoms with Gasteiger partial charge in [0.1, 0.15) is 0 Å². The fourth-order valence-electron chi connectivity index (χ4n) is 1.49. The lowest BCUT2D eigenvalue weighted by molar-refractivity contribution is -0.143. The smallest absolute Gasteiger partial charge is 0.309 e. The average molecular weight is 222 g/mol. The van der Waals surface area contributed by atoms with E-state index in [-0.39, 0.29) is 6.61 Å². The maximum atomic E-state index is 11.0. The molecule has 3 heteroatoms. The molecule has 0 heterocycles. The van der Waals surface area contributed by atoms with Crippen LogP contribution in [0.2, 0.25) is 0 Å². The van der Waals surface area contributed by atoms with Crippen molar-refractivity contribution in [1.29, 1.82) is 0 Å². The van der Waals surface area contributed by atoms with E-state index in [0.717, 1.165) is 5.56 Å². The van der Waals surface area contributed by atoms with E-state index in [0.29, 0.717) is 13.0 Å². The van der Waals surface area contributed by atoms with Gasteiger partial charge in [0.2, 0.25) is 0 Å². The van der Waals surface area contributed by atoms with Crippen LogP contribution in [0.3, 0.4) is 0 Å². The number of carboxylic acid groups (broad SMARTS) is 1. The van der Waals surface area contributed by atoms with Crippen molar-refractivity contribution in [3.05, 3.63) is 35.4 Å². The van der Waals surface area contributed by atoms with Crippen molar-refractivity contribution < 1.29 is 14.6 Å². The molecule has 0 spiro atoms. The predicted octanol–water partition coefficient (Wildman–Crippen LogP) is 2.27. The van der Waals surface area contributed by atoms with Gasteiger partial charge in [-0.3, -0.25) is 4.79 Å². The summed E-state index contributed by atoms with van der Waals surface area (Å²) in [6.07, 6.45) is 0.523. The van der Waals surface area contributed by atoms with Crippen LogP contribution in [0, 0.1) is 12.8 Å². The quantitative estimate of drug-likeness (QED) is 0.803. The second-order valence-electron chi connectivity index (χ2n) is 3.88. The second-order valence-corrected chi connectivity index (χ2v) is 3.88. The molecule has 0 saturated carbocycles. The van der Waals surface area contributed by atoms with E-state index in [4.69, 9.17) is 9.84 Å². The van der Waals surface area contributed by atoms with Crippen molar-refractivity contribution in [2.24, 2.45) is 5.92 Å². The van der Waals surface area contributed by atoms with Crippen molar-refractivity contribution in [2.45, 2.75) is 20.3 Å². The number of rotatable bonds is 6. The van der Waals surface area contributed by atoms with Crippen LogP contribution >= 0.6 is 0 Å². The van der Waals surface area contributed by atoms with Gasteiger partial charge < -0.3 is 9.84 Å². The minimum Gasteiger partial charge on any atom is -0.481 e. The summed E-state index contributed by atoms with van der Waals surface area (Å²) >= 11 is 0. The van der Waals surface area contributed by atoms with Crippen molar-refractivity contribution in [3.63, 3.8) is 0 Å². The molecule has 1 N–H and O–H groups in total. The first-order chi connectivity index (χ1) is 7.63. The molecule has 0 amide bonds. The monoisotopic (exact) mass is 222 g/mol. The van der Waals surface area contributed by atoms with E-state index < -0.39 is 11.9 Å². The Morgan fingerprint density at radius 1 is 1.38 bits per heavy atom. The SMILES string of the molecule is CCOCC(Cc1ccc(C)cc1)C(=O)O. The standard InChI is InChI=1S/C13H18O3/c1-3-16-9-12(13(14)15)8-11-6-4-10(2)5-7-11/h4-7,12H,3,8-9H2,1-2H3,(H,14,15).